The number of rotatable bonds is 7. The highest BCUT2D eigenvalue weighted by Crippen LogP contribution is 2.27. The molecule has 0 atom stereocenters. The maximum Gasteiger partial charge on any atom is 0.164 e. The largest absolute Gasteiger partial charge is 0.300 e. The van der Waals surface area contributed by atoms with Gasteiger partial charge in [0, 0.05) is 24.6 Å². The summed E-state index contributed by atoms with van der Waals surface area (Å²) in [6, 6.07) is 6.65. The summed E-state index contributed by atoms with van der Waals surface area (Å²) in [7, 11) is 0. The van der Waals surface area contributed by atoms with Crippen LogP contribution in [0.15, 0.2) is 24.3 Å². The molecule has 1 fully saturated rings. The van der Waals surface area contributed by atoms with E-state index in [1.54, 1.807) is 12.1 Å². The van der Waals surface area contributed by atoms with Crippen LogP contribution >= 0.6 is 0 Å². The summed E-state index contributed by atoms with van der Waals surface area (Å²) < 4.78 is 13.0. The van der Waals surface area contributed by atoms with Gasteiger partial charge in [-0.25, -0.2) is 4.39 Å². The monoisotopic (exact) mass is 249 g/mol. The minimum absolute atomic E-state index is 0.0382. The van der Waals surface area contributed by atoms with E-state index in [0.29, 0.717) is 18.0 Å². The number of nitrogens with zero attached hydrogens (tertiary/aromatic N) is 1. The number of halogens is 1. The van der Waals surface area contributed by atoms with Crippen molar-refractivity contribution in [2.45, 2.75) is 38.6 Å². The predicted molar refractivity (Wildman–Crippen MR) is 70.2 cm³/mol. The molecule has 0 amide bonds. The molecule has 0 saturated heterocycles. The smallest absolute Gasteiger partial charge is 0.164 e. The number of ketones is 1. The number of Topliss-reactive ketones (excluding diaryl/α,β-unsaturated/α-hetero) is 1. The van der Waals surface area contributed by atoms with E-state index >= 15 is 0 Å². The lowest BCUT2D eigenvalue weighted by Crippen LogP contribution is -2.29. The number of hydrogen-bond acceptors (Lipinski definition) is 2. The Kier molecular flexibility index (Phi) is 4.48. The van der Waals surface area contributed by atoms with Crippen LogP contribution in [0.4, 0.5) is 4.39 Å². The summed E-state index contributed by atoms with van der Waals surface area (Å²) in [5.74, 6) is -0.301. The third-order valence-corrected chi connectivity index (χ3v) is 3.35. The van der Waals surface area contributed by atoms with Crippen LogP contribution in [0.5, 0.6) is 0 Å². The molecule has 1 aliphatic rings. The van der Waals surface area contributed by atoms with Gasteiger partial charge in [0.05, 0.1) is 0 Å². The fraction of sp³-hybridized carbons (Fsp3) is 0.533. The maximum atomic E-state index is 13.0. The van der Waals surface area contributed by atoms with Crippen molar-refractivity contribution in [2.24, 2.45) is 0 Å². The first-order chi connectivity index (χ1) is 8.70. The maximum absolute atomic E-state index is 13.0. The molecule has 3 heteroatoms. The summed E-state index contributed by atoms with van der Waals surface area (Å²) in [6.07, 6.45) is 4.12. The van der Waals surface area contributed by atoms with Crippen molar-refractivity contribution in [2.75, 3.05) is 13.1 Å². The first kappa shape index (κ1) is 13.2. The quantitative estimate of drug-likeness (QED) is 0.691. The van der Waals surface area contributed by atoms with E-state index in [2.05, 4.69) is 11.8 Å². The second-order valence-corrected chi connectivity index (χ2v) is 4.95. The summed E-state index contributed by atoms with van der Waals surface area (Å²) in [5, 5.41) is 0. The highest BCUT2D eigenvalue weighted by atomic mass is 19.1. The molecule has 98 valence electrons. The van der Waals surface area contributed by atoms with Gasteiger partial charge in [-0.05, 0) is 37.9 Å². The van der Waals surface area contributed by atoms with E-state index in [1.165, 1.54) is 25.0 Å². The van der Waals surface area contributed by atoms with Gasteiger partial charge >= 0.3 is 0 Å². The second-order valence-electron chi connectivity index (χ2n) is 4.95. The van der Waals surface area contributed by atoms with Crippen molar-refractivity contribution < 1.29 is 9.18 Å². The molecule has 0 bridgehead atoms. The van der Waals surface area contributed by atoms with E-state index < -0.39 is 0 Å². The summed E-state index contributed by atoms with van der Waals surface area (Å²) in [4.78, 5) is 14.3. The Balaban J connectivity index is 1.87. The van der Waals surface area contributed by atoms with Crippen molar-refractivity contribution >= 4 is 5.78 Å². The summed E-state index contributed by atoms with van der Waals surface area (Å²) in [6.45, 7) is 4.01. The van der Waals surface area contributed by atoms with Gasteiger partial charge in [-0.2, -0.15) is 0 Å². The molecular formula is C15H20FNO. The molecule has 0 radical (unpaired) electrons. The Morgan fingerprint density at radius 1 is 1.39 bits per heavy atom. The first-order valence-corrected chi connectivity index (χ1v) is 6.73. The van der Waals surface area contributed by atoms with Gasteiger partial charge in [-0.1, -0.05) is 19.1 Å². The number of hydrogen-bond donors (Lipinski definition) is 0. The zero-order valence-corrected chi connectivity index (χ0v) is 10.9. The number of carbonyl (C=O) groups excluding carboxylic acids is 1. The molecule has 0 unspecified atom stereocenters. The van der Waals surface area contributed by atoms with Crippen LogP contribution in [0, 0.1) is 5.82 Å². The minimum Gasteiger partial charge on any atom is -0.300 e. The van der Waals surface area contributed by atoms with Crippen LogP contribution in [0.2, 0.25) is 0 Å². The zero-order chi connectivity index (χ0) is 13.0. The van der Waals surface area contributed by atoms with Gasteiger partial charge in [0.2, 0.25) is 0 Å². The molecule has 18 heavy (non-hydrogen) atoms. The Morgan fingerprint density at radius 2 is 2.17 bits per heavy atom. The normalized spacial score (nSPS) is 15.1. The van der Waals surface area contributed by atoms with Gasteiger partial charge in [0.25, 0.3) is 0 Å². The molecule has 2 rings (SSSR count). The van der Waals surface area contributed by atoms with Crippen molar-refractivity contribution in [3.05, 3.63) is 35.6 Å². The average molecular weight is 249 g/mol. The Morgan fingerprint density at radius 3 is 2.78 bits per heavy atom. The molecule has 1 aromatic carbocycles. The van der Waals surface area contributed by atoms with E-state index in [-0.39, 0.29) is 11.6 Å². The third-order valence-electron chi connectivity index (χ3n) is 3.35. The Bertz CT molecular complexity index is 415. The highest BCUT2D eigenvalue weighted by molar-refractivity contribution is 5.96. The van der Waals surface area contributed by atoms with Gasteiger partial charge in [0.1, 0.15) is 5.82 Å². The summed E-state index contributed by atoms with van der Waals surface area (Å²) in [5.41, 5.74) is 0.488. The highest BCUT2D eigenvalue weighted by Gasteiger charge is 2.28. The molecule has 0 aliphatic heterocycles. The van der Waals surface area contributed by atoms with Crippen LogP contribution in [-0.2, 0) is 0 Å². The SMILES string of the molecule is CCCN(CCC(=O)c1cccc(F)c1)C1CC1. The summed E-state index contributed by atoms with van der Waals surface area (Å²) >= 11 is 0. The minimum atomic E-state index is -0.339. The second kappa shape index (κ2) is 6.10. The standard InChI is InChI=1S/C15H20FNO/c1-2-9-17(14-6-7-14)10-8-15(18)12-4-3-5-13(16)11-12/h3-5,11,14H,2,6-10H2,1H3. The number of carbonyl (C=O) groups is 1. The molecule has 0 heterocycles. The Labute approximate surface area is 108 Å². The molecule has 1 aromatic rings. The lowest BCUT2D eigenvalue weighted by atomic mass is 10.1. The third kappa shape index (κ3) is 3.64. The van der Waals surface area contributed by atoms with Crippen LogP contribution in [0.1, 0.15) is 43.0 Å². The van der Waals surface area contributed by atoms with Crippen molar-refractivity contribution in [1.82, 2.24) is 4.90 Å². The predicted octanol–water partition coefficient (Wildman–Crippen LogP) is 3.27. The van der Waals surface area contributed by atoms with Crippen molar-refractivity contribution in [3.8, 4) is 0 Å². The van der Waals surface area contributed by atoms with Crippen LogP contribution in [-0.4, -0.2) is 29.8 Å². The zero-order valence-electron chi connectivity index (χ0n) is 10.9. The lowest BCUT2D eigenvalue weighted by Gasteiger charge is -2.20. The van der Waals surface area contributed by atoms with Crippen LogP contribution in [0.3, 0.4) is 0 Å². The number of benzene rings is 1. The molecule has 0 aromatic heterocycles. The lowest BCUT2D eigenvalue weighted by molar-refractivity contribution is 0.0962. The van der Waals surface area contributed by atoms with Crippen molar-refractivity contribution in [3.63, 3.8) is 0 Å². The van der Waals surface area contributed by atoms with Gasteiger partial charge in [-0.15, -0.1) is 0 Å². The van der Waals surface area contributed by atoms with Gasteiger partial charge < -0.3 is 0 Å². The molecule has 1 saturated carbocycles. The molecule has 1 aliphatic carbocycles. The van der Waals surface area contributed by atoms with Crippen LogP contribution < -0.4 is 0 Å². The Hall–Kier alpha value is -1.22. The topological polar surface area (TPSA) is 20.3 Å². The fourth-order valence-electron chi connectivity index (χ4n) is 2.26. The van der Waals surface area contributed by atoms with Gasteiger partial charge in [0.15, 0.2) is 5.78 Å². The van der Waals surface area contributed by atoms with E-state index in [1.807, 2.05) is 0 Å². The van der Waals surface area contributed by atoms with E-state index in [9.17, 15) is 9.18 Å². The first-order valence-electron chi connectivity index (χ1n) is 6.73. The molecule has 0 N–H and O–H groups in total. The average Bonchev–Trinajstić information content (AvgIpc) is 3.18. The van der Waals surface area contributed by atoms with Crippen molar-refractivity contribution in [1.29, 1.82) is 0 Å². The van der Waals surface area contributed by atoms with E-state index in [4.69, 9.17) is 0 Å². The fourth-order valence-corrected chi connectivity index (χ4v) is 2.26. The van der Waals surface area contributed by atoms with E-state index in [0.717, 1.165) is 19.5 Å². The molecule has 0 spiro atoms. The van der Waals surface area contributed by atoms with Gasteiger partial charge in [-0.3, -0.25) is 9.69 Å². The van der Waals surface area contributed by atoms with Crippen LogP contribution in [0.25, 0.3) is 0 Å². The molecule has 2 nitrogen and oxygen atoms in total. The molecular weight excluding hydrogens is 229 g/mol.